The number of halogens is 2. The van der Waals surface area contributed by atoms with Crippen LogP contribution < -0.4 is 0 Å². The van der Waals surface area contributed by atoms with Gasteiger partial charge < -0.3 is 5.11 Å². The topological polar surface area (TPSA) is 44.0 Å². The first-order valence-corrected chi connectivity index (χ1v) is 6.63. The Hall–Kier alpha value is -1.76. The van der Waals surface area contributed by atoms with Crippen LogP contribution in [0.2, 0.25) is 5.02 Å². The summed E-state index contributed by atoms with van der Waals surface area (Å²) in [5.74, 6) is 0.169. The summed E-state index contributed by atoms with van der Waals surface area (Å²) in [4.78, 5) is 0. The van der Waals surface area contributed by atoms with Gasteiger partial charge >= 0.3 is 0 Å². The molecule has 2 aromatic carbocycles. The molecule has 0 saturated heterocycles. The van der Waals surface area contributed by atoms with Crippen molar-refractivity contribution in [3.05, 3.63) is 63.1 Å². The molecule has 1 N–H and O–H groups in total. The Bertz CT molecular complexity index is 672. The normalized spacial score (nSPS) is 11.1. The van der Waals surface area contributed by atoms with Gasteiger partial charge in [-0.25, -0.2) is 0 Å². The number of hydrogen-bond donors (Lipinski definition) is 1. The first-order chi connectivity index (χ1) is 9.10. The molecular formula is C15H9BrClNO. The van der Waals surface area contributed by atoms with Crippen LogP contribution >= 0.6 is 27.5 Å². The summed E-state index contributed by atoms with van der Waals surface area (Å²) in [6.07, 6.45) is 1.76. The van der Waals surface area contributed by atoms with E-state index >= 15 is 0 Å². The van der Waals surface area contributed by atoms with E-state index in [0.717, 1.165) is 11.1 Å². The first-order valence-electron chi connectivity index (χ1n) is 5.46. The summed E-state index contributed by atoms with van der Waals surface area (Å²) in [5.41, 5.74) is 2.17. The summed E-state index contributed by atoms with van der Waals surface area (Å²) in [5, 5.41) is 19.3. The molecule has 2 rings (SSSR count). The van der Waals surface area contributed by atoms with Crippen LogP contribution in [0.3, 0.4) is 0 Å². The number of allylic oxidation sites excluding steroid dienone is 1. The quantitative estimate of drug-likeness (QED) is 0.629. The Morgan fingerprint density at radius 1 is 1.21 bits per heavy atom. The maximum absolute atomic E-state index is 9.44. The SMILES string of the molecule is N#CC(=Cc1ccc(O)c(Br)c1)c1ccc(Cl)cc1. The van der Waals surface area contributed by atoms with E-state index in [-0.39, 0.29) is 5.75 Å². The van der Waals surface area contributed by atoms with Crippen molar-refractivity contribution in [2.45, 2.75) is 0 Å². The van der Waals surface area contributed by atoms with Gasteiger partial charge in [0.25, 0.3) is 0 Å². The van der Waals surface area contributed by atoms with Crippen LogP contribution in [0, 0.1) is 11.3 Å². The fourth-order valence-electron chi connectivity index (χ4n) is 1.59. The molecule has 19 heavy (non-hydrogen) atoms. The van der Waals surface area contributed by atoms with Gasteiger partial charge in [0.2, 0.25) is 0 Å². The maximum atomic E-state index is 9.44. The lowest BCUT2D eigenvalue weighted by molar-refractivity contribution is 0.472. The number of nitriles is 1. The van der Waals surface area contributed by atoms with E-state index in [1.807, 2.05) is 0 Å². The lowest BCUT2D eigenvalue weighted by atomic mass is 10.0. The molecule has 0 aliphatic carbocycles. The molecule has 4 heteroatoms. The largest absolute Gasteiger partial charge is 0.507 e. The van der Waals surface area contributed by atoms with Crippen molar-refractivity contribution >= 4 is 39.2 Å². The molecular weight excluding hydrogens is 326 g/mol. The van der Waals surface area contributed by atoms with Gasteiger partial charge in [0, 0.05) is 5.02 Å². The monoisotopic (exact) mass is 333 g/mol. The zero-order chi connectivity index (χ0) is 13.8. The molecule has 0 aliphatic rings. The summed E-state index contributed by atoms with van der Waals surface area (Å²) < 4.78 is 0.592. The summed E-state index contributed by atoms with van der Waals surface area (Å²) >= 11 is 9.07. The standard InChI is InChI=1S/C15H9BrClNO/c16-14-8-10(1-6-15(14)19)7-12(9-18)11-2-4-13(17)5-3-11/h1-8,19H. The van der Waals surface area contributed by atoms with E-state index in [0.29, 0.717) is 15.1 Å². The van der Waals surface area contributed by atoms with Crippen molar-refractivity contribution in [3.63, 3.8) is 0 Å². The van der Waals surface area contributed by atoms with Crippen molar-refractivity contribution < 1.29 is 5.11 Å². The fourth-order valence-corrected chi connectivity index (χ4v) is 2.11. The molecule has 0 heterocycles. The molecule has 2 nitrogen and oxygen atoms in total. The van der Waals surface area contributed by atoms with Crippen LogP contribution in [-0.2, 0) is 0 Å². The summed E-state index contributed by atoms with van der Waals surface area (Å²) in [6.45, 7) is 0. The molecule has 0 aromatic heterocycles. The lowest BCUT2D eigenvalue weighted by Crippen LogP contribution is -1.82. The predicted octanol–water partition coefficient (Wildman–Crippen LogP) is 4.87. The summed E-state index contributed by atoms with van der Waals surface area (Å²) in [6, 6.07) is 14.3. The Morgan fingerprint density at radius 2 is 1.89 bits per heavy atom. The molecule has 0 radical (unpaired) electrons. The predicted molar refractivity (Wildman–Crippen MR) is 80.7 cm³/mol. The maximum Gasteiger partial charge on any atom is 0.129 e. The second-order valence-corrected chi connectivity index (χ2v) is 5.18. The Kier molecular flexibility index (Phi) is 4.26. The average Bonchev–Trinajstić information content (AvgIpc) is 2.41. The van der Waals surface area contributed by atoms with Crippen LogP contribution in [0.15, 0.2) is 46.9 Å². The molecule has 0 fully saturated rings. The zero-order valence-electron chi connectivity index (χ0n) is 9.77. The van der Waals surface area contributed by atoms with Crippen molar-refractivity contribution in [2.24, 2.45) is 0 Å². The second-order valence-electron chi connectivity index (χ2n) is 3.89. The highest BCUT2D eigenvalue weighted by Crippen LogP contribution is 2.27. The lowest BCUT2D eigenvalue weighted by Gasteiger charge is -2.02. The molecule has 2 aromatic rings. The molecule has 0 amide bonds. The van der Waals surface area contributed by atoms with Crippen LogP contribution in [0.4, 0.5) is 0 Å². The van der Waals surface area contributed by atoms with Crippen molar-refractivity contribution in [3.8, 4) is 11.8 Å². The number of hydrogen-bond acceptors (Lipinski definition) is 2. The fraction of sp³-hybridized carbons (Fsp3) is 0. The van der Waals surface area contributed by atoms with E-state index in [1.54, 1.807) is 48.5 Å². The van der Waals surface area contributed by atoms with Crippen LogP contribution in [0.25, 0.3) is 11.6 Å². The van der Waals surface area contributed by atoms with Crippen LogP contribution in [0.1, 0.15) is 11.1 Å². The Morgan fingerprint density at radius 3 is 2.47 bits per heavy atom. The van der Waals surface area contributed by atoms with Gasteiger partial charge in [-0.2, -0.15) is 5.26 Å². The summed E-state index contributed by atoms with van der Waals surface area (Å²) in [7, 11) is 0. The molecule has 0 spiro atoms. The van der Waals surface area contributed by atoms with Gasteiger partial charge in [-0.15, -0.1) is 0 Å². The minimum atomic E-state index is 0.169. The van der Waals surface area contributed by atoms with Gasteiger partial charge in [0.15, 0.2) is 0 Å². The van der Waals surface area contributed by atoms with Gasteiger partial charge in [0.05, 0.1) is 16.1 Å². The average molecular weight is 335 g/mol. The second kappa shape index (κ2) is 5.92. The number of nitrogens with zero attached hydrogens (tertiary/aromatic N) is 1. The molecule has 0 bridgehead atoms. The van der Waals surface area contributed by atoms with E-state index in [2.05, 4.69) is 22.0 Å². The van der Waals surface area contributed by atoms with Gasteiger partial charge in [-0.1, -0.05) is 29.8 Å². The molecule has 0 saturated carbocycles. The van der Waals surface area contributed by atoms with E-state index in [9.17, 15) is 10.4 Å². The molecule has 0 unspecified atom stereocenters. The number of aromatic hydroxyl groups is 1. The smallest absolute Gasteiger partial charge is 0.129 e. The van der Waals surface area contributed by atoms with Crippen LogP contribution in [-0.4, -0.2) is 5.11 Å². The Labute approximate surface area is 124 Å². The molecule has 94 valence electrons. The number of phenols is 1. The van der Waals surface area contributed by atoms with Gasteiger partial charge in [-0.05, 0) is 57.4 Å². The van der Waals surface area contributed by atoms with Gasteiger partial charge in [0.1, 0.15) is 5.75 Å². The minimum Gasteiger partial charge on any atom is -0.507 e. The van der Waals surface area contributed by atoms with E-state index in [1.165, 1.54) is 0 Å². The van der Waals surface area contributed by atoms with Gasteiger partial charge in [-0.3, -0.25) is 0 Å². The number of benzene rings is 2. The zero-order valence-corrected chi connectivity index (χ0v) is 12.1. The number of phenolic OH excluding ortho intramolecular Hbond substituents is 1. The highest BCUT2D eigenvalue weighted by molar-refractivity contribution is 9.10. The Balaban J connectivity index is 2.41. The van der Waals surface area contributed by atoms with E-state index < -0.39 is 0 Å². The molecule has 0 atom stereocenters. The highest BCUT2D eigenvalue weighted by atomic mass is 79.9. The molecule has 0 aliphatic heterocycles. The first kappa shape index (κ1) is 13.7. The van der Waals surface area contributed by atoms with Crippen molar-refractivity contribution in [1.29, 1.82) is 5.26 Å². The van der Waals surface area contributed by atoms with Crippen LogP contribution in [0.5, 0.6) is 5.75 Å². The third kappa shape index (κ3) is 3.37. The minimum absolute atomic E-state index is 0.169. The van der Waals surface area contributed by atoms with E-state index in [4.69, 9.17) is 11.6 Å². The third-order valence-electron chi connectivity index (χ3n) is 2.56. The van der Waals surface area contributed by atoms with Crippen molar-refractivity contribution in [2.75, 3.05) is 0 Å². The third-order valence-corrected chi connectivity index (χ3v) is 3.45. The number of rotatable bonds is 2. The van der Waals surface area contributed by atoms with Crippen molar-refractivity contribution in [1.82, 2.24) is 0 Å². The highest BCUT2D eigenvalue weighted by Gasteiger charge is 2.03.